The zero-order chi connectivity index (χ0) is 17.8. The molecule has 5 nitrogen and oxygen atoms in total. The van der Waals surface area contributed by atoms with Crippen LogP contribution in [0.25, 0.3) is 10.8 Å². The maximum absolute atomic E-state index is 12.1. The Kier molecular flexibility index (Phi) is 5.70. The van der Waals surface area contributed by atoms with Gasteiger partial charge in [-0.2, -0.15) is 7.84 Å². The summed E-state index contributed by atoms with van der Waals surface area (Å²) in [6, 6.07) is 16.9. The number of hydrogen-bond donors (Lipinski definition) is 0. The van der Waals surface area contributed by atoms with Crippen molar-refractivity contribution in [2.75, 3.05) is 7.11 Å². The van der Waals surface area contributed by atoms with E-state index in [4.69, 9.17) is 24.2 Å². The third kappa shape index (κ3) is 4.19. The molecule has 8 heteroatoms. The van der Waals surface area contributed by atoms with Gasteiger partial charge < -0.3 is 8.92 Å². The molecule has 0 aliphatic carbocycles. The Balaban J connectivity index is 1.78. The van der Waals surface area contributed by atoms with E-state index in [1.54, 1.807) is 37.4 Å². The number of ether oxygens (including phenoxy) is 1. The van der Waals surface area contributed by atoms with Gasteiger partial charge in [0.2, 0.25) is 11.1 Å². The van der Waals surface area contributed by atoms with Gasteiger partial charge in [-0.1, -0.05) is 35.9 Å². The highest BCUT2D eigenvalue weighted by atomic mass is 35.5. The standard InChI is InChI=1S/C17H13ClO5S2/c1-21-16-10-11-17(15-5-3-2-4-14(15)16)22-25(20)23-24(19)13-8-6-12(18)7-9-13/h2-11H,1H3. The van der Waals surface area contributed by atoms with Crippen LogP contribution in [0.5, 0.6) is 11.5 Å². The third-order valence-electron chi connectivity index (χ3n) is 3.35. The first-order valence-corrected chi connectivity index (χ1v) is 9.56. The van der Waals surface area contributed by atoms with Crippen LogP contribution in [0, 0.1) is 0 Å². The number of hydrogen-bond acceptors (Lipinski definition) is 5. The van der Waals surface area contributed by atoms with Gasteiger partial charge in [-0.15, -0.1) is 0 Å². The van der Waals surface area contributed by atoms with Crippen LogP contribution in [0.3, 0.4) is 0 Å². The van der Waals surface area contributed by atoms with Crippen LogP contribution in [0.4, 0.5) is 0 Å². The molecule has 130 valence electrons. The van der Waals surface area contributed by atoms with Crippen LogP contribution in [0.2, 0.25) is 5.02 Å². The second-order valence-electron chi connectivity index (χ2n) is 4.86. The highest BCUT2D eigenvalue weighted by Gasteiger charge is 2.15. The fraction of sp³-hybridized carbons (Fsp3) is 0.0588. The van der Waals surface area contributed by atoms with E-state index in [0.717, 1.165) is 5.39 Å². The molecule has 25 heavy (non-hydrogen) atoms. The van der Waals surface area contributed by atoms with Crippen molar-refractivity contribution in [3.05, 3.63) is 65.7 Å². The largest absolute Gasteiger partial charge is 0.496 e. The molecule has 0 aliphatic heterocycles. The Morgan fingerprint density at radius 2 is 1.44 bits per heavy atom. The zero-order valence-electron chi connectivity index (χ0n) is 13.0. The molecule has 0 N–H and O–H groups in total. The van der Waals surface area contributed by atoms with Gasteiger partial charge in [0.05, 0.1) is 12.0 Å². The normalized spacial score (nSPS) is 13.4. The summed E-state index contributed by atoms with van der Waals surface area (Å²) in [5, 5.41) is 2.01. The summed E-state index contributed by atoms with van der Waals surface area (Å²) in [6.07, 6.45) is 0. The van der Waals surface area contributed by atoms with Crippen molar-refractivity contribution in [2.24, 2.45) is 0 Å². The number of fused-ring (bicyclic) bond motifs is 1. The first-order chi connectivity index (χ1) is 12.1. The fourth-order valence-electron chi connectivity index (χ4n) is 2.22. The summed E-state index contributed by atoms with van der Waals surface area (Å²) in [7, 11) is 1.57. The minimum Gasteiger partial charge on any atom is -0.496 e. The lowest BCUT2D eigenvalue weighted by molar-refractivity contribution is 0.419. The second kappa shape index (κ2) is 7.97. The fourth-order valence-corrected chi connectivity index (χ4v) is 3.82. The molecule has 0 amide bonds. The van der Waals surface area contributed by atoms with Crippen molar-refractivity contribution in [2.45, 2.75) is 4.90 Å². The summed E-state index contributed by atoms with van der Waals surface area (Å²) >= 11 is 1.59. The molecule has 0 spiro atoms. The van der Waals surface area contributed by atoms with Gasteiger partial charge in [0.25, 0.3) is 0 Å². The average Bonchev–Trinajstić information content (AvgIpc) is 2.62. The van der Waals surface area contributed by atoms with Gasteiger partial charge in [0.15, 0.2) is 5.75 Å². The van der Waals surface area contributed by atoms with E-state index >= 15 is 0 Å². The Hall–Kier alpha value is -1.93. The van der Waals surface area contributed by atoms with Crippen LogP contribution >= 0.6 is 11.6 Å². The predicted molar refractivity (Wildman–Crippen MR) is 98.2 cm³/mol. The molecule has 0 bridgehead atoms. The van der Waals surface area contributed by atoms with Gasteiger partial charge in [-0.05, 0) is 36.4 Å². The lowest BCUT2D eigenvalue weighted by Crippen LogP contribution is -2.08. The Labute approximate surface area is 155 Å². The third-order valence-corrected chi connectivity index (χ3v) is 5.51. The van der Waals surface area contributed by atoms with Crippen LogP contribution < -0.4 is 8.92 Å². The quantitative estimate of drug-likeness (QED) is 0.625. The summed E-state index contributed by atoms with van der Waals surface area (Å²) in [5.41, 5.74) is 0. The average molecular weight is 397 g/mol. The number of halogens is 1. The van der Waals surface area contributed by atoms with Crippen molar-refractivity contribution >= 4 is 44.8 Å². The first-order valence-electron chi connectivity index (χ1n) is 7.10. The minimum absolute atomic E-state index is 0.334. The van der Waals surface area contributed by atoms with E-state index in [1.807, 2.05) is 18.2 Å². The Morgan fingerprint density at radius 1 is 0.840 bits per heavy atom. The van der Waals surface area contributed by atoms with Crippen molar-refractivity contribution < 1.29 is 21.0 Å². The molecule has 2 atom stereocenters. The molecule has 0 aromatic heterocycles. The van der Waals surface area contributed by atoms with Gasteiger partial charge in [-0.3, -0.25) is 0 Å². The van der Waals surface area contributed by atoms with E-state index < -0.39 is 22.4 Å². The van der Waals surface area contributed by atoms with Crippen molar-refractivity contribution in [3.63, 3.8) is 0 Å². The minimum atomic E-state index is -2.25. The summed E-state index contributed by atoms with van der Waals surface area (Å²) < 4.78 is 39.7. The smallest absolute Gasteiger partial charge is 0.374 e. The van der Waals surface area contributed by atoms with Crippen LogP contribution in [0.15, 0.2) is 65.6 Å². The van der Waals surface area contributed by atoms with Crippen LogP contribution in [-0.2, 0) is 26.1 Å². The lowest BCUT2D eigenvalue weighted by atomic mass is 10.1. The second-order valence-corrected chi connectivity index (χ2v) is 7.35. The molecule has 2 unspecified atom stereocenters. The number of rotatable bonds is 6. The first kappa shape index (κ1) is 17.9. The molecule has 0 radical (unpaired) electrons. The SMILES string of the molecule is COc1ccc(OS(=O)OS(=O)c2ccc(Cl)cc2)c2ccccc12. The van der Waals surface area contributed by atoms with Gasteiger partial charge >= 0.3 is 11.4 Å². The summed E-state index contributed by atoms with van der Waals surface area (Å²) in [5.74, 6) is 1.00. The van der Waals surface area contributed by atoms with E-state index in [-0.39, 0.29) is 0 Å². The summed E-state index contributed by atoms with van der Waals surface area (Å²) in [4.78, 5) is 0.334. The molecule has 3 aromatic rings. The van der Waals surface area contributed by atoms with Gasteiger partial charge in [0, 0.05) is 15.8 Å². The monoisotopic (exact) mass is 396 g/mol. The van der Waals surface area contributed by atoms with E-state index in [0.29, 0.717) is 26.8 Å². The molecule has 0 saturated carbocycles. The molecule has 0 aliphatic rings. The van der Waals surface area contributed by atoms with Crippen LogP contribution in [-0.4, -0.2) is 15.5 Å². The molecule has 0 saturated heterocycles. The summed E-state index contributed by atoms with van der Waals surface area (Å²) in [6.45, 7) is 0. The van der Waals surface area contributed by atoms with Crippen LogP contribution in [0.1, 0.15) is 0 Å². The molecule has 3 aromatic carbocycles. The predicted octanol–water partition coefficient (Wildman–Crippen LogP) is 4.20. The van der Waals surface area contributed by atoms with E-state index in [2.05, 4.69) is 0 Å². The van der Waals surface area contributed by atoms with E-state index in [1.165, 1.54) is 12.1 Å². The maximum Gasteiger partial charge on any atom is 0.374 e. The number of benzene rings is 3. The van der Waals surface area contributed by atoms with Crippen molar-refractivity contribution in [1.29, 1.82) is 0 Å². The molecule has 0 fully saturated rings. The maximum atomic E-state index is 12.1. The van der Waals surface area contributed by atoms with Crippen molar-refractivity contribution in [1.82, 2.24) is 0 Å². The molecule has 3 rings (SSSR count). The van der Waals surface area contributed by atoms with E-state index in [9.17, 15) is 8.42 Å². The highest BCUT2D eigenvalue weighted by molar-refractivity contribution is 7.91. The molecular formula is C17H13ClO5S2. The molecule has 0 heterocycles. The van der Waals surface area contributed by atoms with Gasteiger partial charge in [0.1, 0.15) is 5.75 Å². The lowest BCUT2D eigenvalue weighted by Gasteiger charge is -2.10. The molecular weight excluding hydrogens is 384 g/mol. The zero-order valence-corrected chi connectivity index (χ0v) is 15.4. The Bertz CT molecular complexity index is 943. The van der Waals surface area contributed by atoms with Crippen molar-refractivity contribution in [3.8, 4) is 11.5 Å². The topological polar surface area (TPSA) is 61.8 Å². The highest BCUT2D eigenvalue weighted by Crippen LogP contribution is 2.33. The van der Waals surface area contributed by atoms with Gasteiger partial charge in [-0.25, -0.2) is 4.21 Å². The Morgan fingerprint density at radius 3 is 2.08 bits per heavy atom. The number of methoxy groups -OCH3 is 1.